The standard InChI is InChI=1S/C11H11ClO4/c1-6-4-7(2-3-12)9(11(15)16)5-8(6)10(13)14/h4-5H,2-3H2,1H3,(H,13,14)(H,15,16). The summed E-state index contributed by atoms with van der Waals surface area (Å²) in [5.74, 6) is -1.97. The summed E-state index contributed by atoms with van der Waals surface area (Å²) in [7, 11) is 0. The lowest BCUT2D eigenvalue weighted by atomic mass is 9.97. The number of hydrogen-bond acceptors (Lipinski definition) is 2. The molecule has 1 aromatic carbocycles. The zero-order valence-electron chi connectivity index (χ0n) is 8.66. The van der Waals surface area contributed by atoms with E-state index in [4.69, 9.17) is 21.8 Å². The monoisotopic (exact) mass is 242 g/mol. The number of halogens is 1. The molecule has 5 heteroatoms. The predicted octanol–water partition coefficient (Wildman–Crippen LogP) is 2.17. The van der Waals surface area contributed by atoms with Crippen LogP contribution in [0.25, 0.3) is 0 Å². The van der Waals surface area contributed by atoms with Crippen LogP contribution >= 0.6 is 11.6 Å². The summed E-state index contributed by atoms with van der Waals surface area (Å²) in [5, 5.41) is 17.8. The molecule has 1 rings (SSSR count). The summed E-state index contributed by atoms with van der Waals surface area (Å²) in [6.07, 6.45) is 0.407. The molecule has 0 amide bonds. The lowest BCUT2D eigenvalue weighted by Gasteiger charge is -2.08. The van der Waals surface area contributed by atoms with Crippen molar-refractivity contribution in [3.05, 3.63) is 34.4 Å². The molecule has 0 bridgehead atoms. The molecule has 86 valence electrons. The highest BCUT2D eigenvalue weighted by atomic mass is 35.5. The number of aryl methyl sites for hydroxylation is 2. The Bertz CT molecular complexity index is 440. The van der Waals surface area contributed by atoms with Crippen LogP contribution in [0.3, 0.4) is 0 Å². The van der Waals surface area contributed by atoms with Gasteiger partial charge in [0, 0.05) is 5.88 Å². The Kier molecular flexibility index (Phi) is 3.90. The minimum absolute atomic E-state index is 0.00338. The first kappa shape index (κ1) is 12.5. The average molecular weight is 243 g/mol. The molecule has 0 saturated carbocycles. The predicted molar refractivity (Wildman–Crippen MR) is 59.5 cm³/mol. The van der Waals surface area contributed by atoms with E-state index in [1.165, 1.54) is 6.07 Å². The van der Waals surface area contributed by atoms with Crippen molar-refractivity contribution in [2.45, 2.75) is 13.3 Å². The summed E-state index contributed by atoms with van der Waals surface area (Å²) < 4.78 is 0. The van der Waals surface area contributed by atoms with Crippen molar-refractivity contribution in [3.63, 3.8) is 0 Å². The van der Waals surface area contributed by atoms with Crippen molar-refractivity contribution in [1.29, 1.82) is 0 Å². The van der Waals surface area contributed by atoms with Crippen molar-refractivity contribution in [1.82, 2.24) is 0 Å². The SMILES string of the molecule is Cc1cc(CCCl)c(C(=O)O)cc1C(=O)O. The molecule has 0 saturated heterocycles. The highest BCUT2D eigenvalue weighted by molar-refractivity contribution is 6.18. The minimum Gasteiger partial charge on any atom is -0.478 e. The summed E-state index contributed by atoms with van der Waals surface area (Å²) in [5.41, 5.74) is 1.11. The molecule has 0 spiro atoms. The van der Waals surface area contributed by atoms with Crippen molar-refractivity contribution >= 4 is 23.5 Å². The molecule has 0 aliphatic carbocycles. The fourth-order valence-corrected chi connectivity index (χ4v) is 1.71. The molecule has 0 aromatic heterocycles. The number of hydrogen-bond donors (Lipinski definition) is 2. The van der Waals surface area contributed by atoms with Crippen LogP contribution in [0.5, 0.6) is 0 Å². The molecular formula is C11H11ClO4. The van der Waals surface area contributed by atoms with Gasteiger partial charge < -0.3 is 10.2 Å². The van der Waals surface area contributed by atoms with Gasteiger partial charge in [-0.25, -0.2) is 9.59 Å². The molecule has 0 fully saturated rings. The first-order valence-electron chi connectivity index (χ1n) is 4.63. The van der Waals surface area contributed by atoms with Crippen molar-refractivity contribution in [2.24, 2.45) is 0 Å². The Morgan fingerprint density at radius 1 is 1.19 bits per heavy atom. The van der Waals surface area contributed by atoms with E-state index in [2.05, 4.69) is 0 Å². The van der Waals surface area contributed by atoms with Gasteiger partial charge in [0.05, 0.1) is 11.1 Å². The molecule has 2 N–H and O–H groups in total. The molecule has 16 heavy (non-hydrogen) atoms. The van der Waals surface area contributed by atoms with Crippen LogP contribution in [0.1, 0.15) is 31.8 Å². The third kappa shape index (κ3) is 2.52. The fourth-order valence-electron chi connectivity index (χ4n) is 1.51. The second-order valence-corrected chi connectivity index (χ2v) is 3.75. The van der Waals surface area contributed by atoms with Crippen LogP contribution in [-0.4, -0.2) is 28.0 Å². The van der Waals surface area contributed by atoms with E-state index in [0.717, 1.165) is 0 Å². The van der Waals surface area contributed by atoms with Gasteiger partial charge in [0.15, 0.2) is 0 Å². The van der Waals surface area contributed by atoms with Crippen LogP contribution in [-0.2, 0) is 6.42 Å². The molecule has 0 heterocycles. The Hall–Kier alpha value is -1.55. The van der Waals surface area contributed by atoms with Crippen molar-refractivity contribution in [2.75, 3.05) is 5.88 Å². The molecule has 4 nitrogen and oxygen atoms in total. The molecule has 0 atom stereocenters. The molecule has 0 aliphatic rings. The first-order valence-corrected chi connectivity index (χ1v) is 5.17. The van der Waals surface area contributed by atoms with Crippen molar-refractivity contribution < 1.29 is 19.8 Å². The van der Waals surface area contributed by atoms with Gasteiger partial charge >= 0.3 is 11.9 Å². The zero-order chi connectivity index (χ0) is 12.3. The Morgan fingerprint density at radius 2 is 1.75 bits per heavy atom. The Labute approximate surface area is 97.5 Å². The molecule has 0 radical (unpaired) electrons. The smallest absolute Gasteiger partial charge is 0.335 e. The number of carboxylic acid groups (broad SMARTS) is 2. The topological polar surface area (TPSA) is 74.6 Å². The van der Waals surface area contributed by atoms with Crippen LogP contribution in [0.2, 0.25) is 0 Å². The lowest BCUT2D eigenvalue weighted by molar-refractivity contribution is 0.0695. The van der Waals surface area contributed by atoms with Gasteiger partial charge in [-0.15, -0.1) is 11.6 Å². The van der Waals surface area contributed by atoms with E-state index < -0.39 is 11.9 Å². The first-order chi connectivity index (χ1) is 7.47. The van der Waals surface area contributed by atoms with Gasteiger partial charge in [-0.2, -0.15) is 0 Å². The highest BCUT2D eigenvalue weighted by Crippen LogP contribution is 2.18. The lowest BCUT2D eigenvalue weighted by Crippen LogP contribution is -2.09. The summed E-state index contributed by atoms with van der Waals surface area (Å²) in [4.78, 5) is 21.8. The second kappa shape index (κ2) is 4.99. The Morgan fingerprint density at radius 3 is 2.19 bits per heavy atom. The van der Waals surface area contributed by atoms with Crippen molar-refractivity contribution in [3.8, 4) is 0 Å². The maximum Gasteiger partial charge on any atom is 0.335 e. The van der Waals surface area contributed by atoms with E-state index in [0.29, 0.717) is 23.4 Å². The van der Waals surface area contributed by atoms with E-state index >= 15 is 0 Å². The van der Waals surface area contributed by atoms with Crippen LogP contribution < -0.4 is 0 Å². The molecule has 0 aliphatic heterocycles. The van der Waals surface area contributed by atoms with Crippen LogP contribution in [0.15, 0.2) is 12.1 Å². The van der Waals surface area contributed by atoms with E-state index in [1.807, 2.05) is 0 Å². The number of carboxylic acids is 2. The van der Waals surface area contributed by atoms with Gasteiger partial charge in [-0.3, -0.25) is 0 Å². The maximum atomic E-state index is 10.9. The summed E-state index contributed by atoms with van der Waals surface area (Å²) in [6.45, 7) is 1.63. The number of rotatable bonds is 4. The zero-order valence-corrected chi connectivity index (χ0v) is 9.41. The summed E-state index contributed by atoms with van der Waals surface area (Å²) in [6, 6.07) is 2.75. The highest BCUT2D eigenvalue weighted by Gasteiger charge is 2.16. The molecule has 1 aromatic rings. The Balaban J connectivity index is 3.36. The second-order valence-electron chi connectivity index (χ2n) is 3.37. The van der Waals surface area contributed by atoms with Gasteiger partial charge in [-0.05, 0) is 30.5 Å². The third-order valence-corrected chi connectivity index (χ3v) is 2.46. The molecular weight excluding hydrogens is 232 g/mol. The van der Waals surface area contributed by atoms with Gasteiger partial charge in [0.25, 0.3) is 0 Å². The quantitative estimate of drug-likeness (QED) is 0.794. The number of aromatic carboxylic acids is 2. The van der Waals surface area contributed by atoms with Crippen LogP contribution in [0.4, 0.5) is 0 Å². The van der Waals surface area contributed by atoms with Gasteiger partial charge in [0.1, 0.15) is 0 Å². The largest absolute Gasteiger partial charge is 0.478 e. The number of benzene rings is 1. The summed E-state index contributed by atoms with van der Waals surface area (Å²) >= 11 is 5.56. The maximum absolute atomic E-state index is 10.9. The van der Waals surface area contributed by atoms with E-state index in [9.17, 15) is 9.59 Å². The fraction of sp³-hybridized carbons (Fsp3) is 0.273. The molecule has 0 unspecified atom stereocenters. The van der Waals surface area contributed by atoms with Gasteiger partial charge in [-0.1, -0.05) is 6.07 Å². The van der Waals surface area contributed by atoms with Crippen LogP contribution in [0, 0.1) is 6.92 Å². The van der Waals surface area contributed by atoms with Gasteiger partial charge in [0.2, 0.25) is 0 Å². The minimum atomic E-state index is -1.14. The number of carbonyl (C=O) groups is 2. The normalized spacial score (nSPS) is 10.1. The average Bonchev–Trinajstić information content (AvgIpc) is 2.17. The van der Waals surface area contributed by atoms with E-state index in [1.54, 1.807) is 13.0 Å². The van der Waals surface area contributed by atoms with E-state index in [-0.39, 0.29) is 11.1 Å². The number of alkyl halides is 1. The third-order valence-electron chi connectivity index (χ3n) is 2.27.